The molecule has 0 aromatic heterocycles. The van der Waals surface area contributed by atoms with Gasteiger partial charge in [-0.05, 0) is 54.4 Å². The van der Waals surface area contributed by atoms with Gasteiger partial charge in [-0.25, -0.2) is 0 Å². The smallest absolute Gasteiger partial charge is 0.122 e. The number of hydrogen-bond acceptors (Lipinski definition) is 4. The molecule has 1 aromatic rings. The second-order valence-corrected chi connectivity index (χ2v) is 7.31. The van der Waals surface area contributed by atoms with E-state index in [4.69, 9.17) is 9.47 Å². The van der Waals surface area contributed by atoms with Gasteiger partial charge >= 0.3 is 0 Å². The first-order valence-electron chi connectivity index (χ1n) is 7.88. The lowest BCUT2D eigenvalue weighted by atomic mass is 10.3. The van der Waals surface area contributed by atoms with Crippen LogP contribution in [0.25, 0.3) is 0 Å². The Kier molecular flexibility index (Phi) is 11.7. The molecule has 0 N–H and O–H groups in total. The van der Waals surface area contributed by atoms with E-state index in [-0.39, 0.29) is 0 Å². The lowest BCUT2D eigenvalue weighted by molar-refractivity contribution is 0.303. The highest BCUT2D eigenvalue weighted by molar-refractivity contribution is 7.99. The second-order valence-electron chi connectivity index (χ2n) is 4.69. The zero-order chi connectivity index (χ0) is 15.2. The van der Waals surface area contributed by atoms with E-state index < -0.39 is 0 Å². The topological polar surface area (TPSA) is 18.5 Å². The van der Waals surface area contributed by atoms with E-state index in [0.717, 1.165) is 37.6 Å². The molecule has 0 saturated carbocycles. The number of rotatable bonds is 13. The molecule has 4 heteroatoms. The van der Waals surface area contributed by atoms with Crippen LogP contribution in [0.15, 0.2) is 24.3 Å². The van der Waals surface area contributed by atoms with Gasteiger partial charge in [-0.1, -0.05) is 19.9 Å². The van der Waals surface area contributed by atoms with E-state index in [1.807, 2.05) is 47.8 Å². The van der Waals surface area contributed by atoms with Gasteiger partial charge in [0, 0.05) is 6.07 Å². The Labute approximate surface area is 138 Å². The van der Waals surface area contributed by atoms with Crippen LogP contribution in [-0.2, 0) is 0 Å². The standard InChI is InChI=1S/C17H28O2S2/c1-3-12-21-14-7-11-19-17-9-5-8-16(15-17)18-10-6-13-20-4-2/h5,8-9,15H,3-4,6-7,10-14H2,1-2H3. The van der Waals surface area contributed by atoms with Crippen LogP contribution in [0.5, 0.6) is 11.5 Å². The minimum Gasteiger partial charge on any atom is -0.493 e. The minimum atomic E-state index is 0.782. The van der Waals surface area contributed by atoms with Crippen LogP contribution in [0.3, 0.4) is 0 Å². The van der Waals surface area contributed by atoms with Crippen molar-refractivity contribution in [2.45, 2.75) is 33.1 Å². The van der Waals surface area contributed by atoms with Crippen LogP contribution in [0.1, 0.15) is 33.1 Å². The number of benzene rings is 1. The quantitative estimate of drug-likeness (QED) is 0.468. The molecule has 0 saturated heterocycles. The van der Waals surface area contributed by atoms with Crippen molar-refractivity contribution < 1.29 is 9.47 Å². The molecule has 21 heavy (non-hydrogen) atoms. The molecule has 0 heterocycles. The Morgan fingerprint density at radius 1 is 0.857 bits per heavy atom. The Hall–Kier alpha value is -0.480. The molecule has 0 aliphatic carbocycles. The Morgan fingerprint density at radius 2 is 1.48 bits per heavy atom. The normalized spacial score (nSPS) is 10.6. The molecule has 0 aliphatic rings. The van der Waals surface area contributed by atoms with E-state index in [9.17, 15) is 0 Å². The van der Waals surface area contributed by atoms with Crippen molar-refractivity contribution in [1.29, 1.82) is 0 Å². The van der Waals surface area contributed by atoms with E-state index >= 15 is 0 Å². The van der Waals surface area contributed by atoms with Crippen molar-refractivity contribution in [1.82, 2.24) is 0 Å². The largest absolute Gasteiger partial charge is 0.493 e. The molecule has 0 atom stereocenters. The van der Waals surface area contributed by atoms with Crippen LogP contribution in [0.4, 0.5) is 0 Å². The van der Waals surface area contributed by atoms with Gasteiger partial charge in [0.15, 0.2) is 0 Å². The average molecular weight is 329 g/mol. The van der Waals surface area contributed by atoms with Gasteiger partial charge in [0.1, 0.15) is 11.5 Å². The summed E-state index contributed by atoms with van der Waals surface area (Å²) in [6, 6.07) is 7.99. The van der Waals surface area contributed by atoms with Crippen LogP contribution in [0.2, 0.25) is 0 Å². The van der Waals surface area contributed by atoms with Gasteiger partial charge in [-0.15, -0.1) is 0 Å². The monoisotopic (exact) mass is 328 g/mol. The molecular formula is C17H28O2S2. The first-order chi connectivity index (χ1) is 10.4. The summed E-state index contributed by atoms with van der Waals surface area (Å²) < 4.78 is 11.5. The van der Waals surface area contributed by atoms with Gasteiger partial charge in [0.05, 0.1) is 13.2 Å². The number of hydrogen-bond donors (Lipinski definition) is 0. The maximum absolute atomic E-state index is 5.77. The van der Waals surface area contributed by atoms with Gasteiger partial charge in [-0.2, -0.15) is 23.5 Å². The maximum atomic E-state index is 5.77. The summed E-state index contributed by atoms with van der Waals surface area (Å²) in [6.45, 7) is 5.97. The molecule has 1 rings (SSSR count). The third-order valence-corrected chi connectivity index (χ3v) is 5.02. The fourth-order valence-corrected chi connectivity index (χ4v) is 3.17. The highest BCUT2D eigenvalue weighted by Crippen LogP contribution is 2.20. The molecular weight excluding hydrogens is 300 g/mol. The molecule has 1 aromatic carbocycles. The van der Waals surface area contributed by atoms with Crippen molar-refractivity contribution in [2.75, 3.05) is 36.2 Å². The van der Waals surface area contributed by atoms with Crippen LogP contribution < -0.4 is 9.47 Å². The summed E-state index contributed by atoms with van der Waals surface area (Å²) >= 11 is 3.96. The lowest BCUT2D eigenvalue weighted by Crippen LogP contribution is -2.01. The first kappa shape index (κ1) is 18.6. The number of ether oxygens (including phenoxy) is 2. The van der Waals surface area contributed by atoms with E-state index in [1.165, 1.54) is 29.4 Å². The highest BCUT2D eigenvalue weighted by Gasteiger charge is 1.98. The van der Waals surface area contributed by atoms with Crippen molar-refractivity contribution in [3.8, 4) is 11.5 Å². The predicted octanol–water partition coefficient (Wildman–Crippen LogP) is 5.12. The fourth-order valence-electron chi connectivity index (χ4n) is 1.75. The summed E-state index contributed by atoms with van der Waals surface area (Å²) in [5, 5.41) is 0. The summed E-state index contributed by atoms with van der Waals surface area (Å²) in [6.07, 6.45) is 3.45. The van der Waals surface area contributed by atoms with Crippen molar-refractivity contribution >= 4 is 23.5 Å². The van der Waals surface area contributed by atoms with Crippen molar-refractivity contribution in [3.63, 3.8) is 0 Å². The minimum absolute atomic E-state index is 0.782. The van der Waals surface area contributed by atoms with Crippen LogP contribution in [-0.4, -0.2) is 36.2 Å². The molecule has 0 bridgehead atoms. The molecule has 0 aliphatic heterocycles. The molecule has 0 radical (unpaired) electrons. The average Bonchev–Trinajstić information content (AvgIpc) is 2.51. The Bertz CT molecular complexity index is 358. The molecule has 0 spiro atoms. The number of thioether (sulfide) groups is 2. The van der Waals surface area contributed by atoms with Gasteiger partial charge < -0.3 is 9.47 Å². The zero-order valence-electron chi connectivity index (χ0n) is 13.3. The summed E-state index contributed by atoms with van der Waals surface area (Å²) in [5.74, 6) is 6.60. The SMILES string of the molecule is CCCSCCCOc1cccc(OCCCSCC)c1. The molecule has 0 unspecified atom stereocenters. The van der Waals surface area contributed by atoms with Crippen molar-refractivity contribution in [2.24, 2.45) is 0 Å². The molecule has 0 fully saturated rings. The Morgan fingerprint density at radius 3 is 2.05 bits per heavy atom. The van der Waals surface area contributed by atoms with Gasteiger partial charge in [0.25, 0.3) is 0 Å². The van der Waals surface area contributed by atoms with Crippen molar-refractivity contribution in [3.05, 3.63) is 24.3 Å². The van der Waals surface area contributed by atoms with E-state index in [1.54, 1.807) is 0 Å². The Balaban J connectivity index is 2.16. The zero-order valence-corrected chi connectivity index (χ0v) is 14.9. The maximum Gasteiger partial charge on any atom is 0.122 e. The highest BCUT2D eigenvalue weighted by atomic mass is 32.2. The third kappa shape index (κ3) is 9.97. The van der Waals surface area contributed by atoms with Crippen LogP contribution >= 0.6 is 23.5 Å². The van der Waals surface area contributed by atoms with E-state index in [2.05, 4.69) is 13.8 Å². The summed E-state index contributed by atoms with van der Waals surface area (Å²) in [7, 11) is 0. The molecule has 120 valence electrons. The fraction of sp³-hybridized carbons (Fsp3) is 0.647. The molecule has 0 amide bonds. The summed E-state index contributed by atoms with van der Waals surface area (Å²) in [5.41, 5.74) is 0. The second kappa shape index (κ2) is 13.2. The van der Waals surface area contributed by atoms with Gasteiger partial charge in [0.2, 0.25) is 0 Å². The molecule has 2 nitrogen and oxygen atoms in total. The van der Waals surface area contributed by atoms with Crippen LogP contribution in [0, 0.1) is 0 Å². The van der Waals surface area contributed by atoms with E-state index in [0.29, 0.717) is 0 Å². The lowest BCUT2D eigenvalue weighted by Gasteiger charge is -2.09. The third-order valence-electron chi connectivity index (χ3n) is 2.76. The summed E-state index contributed by atoms with van der Waals surface area (Å²) in [4.78, 5) is 0. The first-order valence-corrected chi connectivity index (χ1v) is 10.2. The predicted molar refractivity (Wildman–Crippen MR) is 97.3 cm³/mol. The van der Waals surface area contributed by atoms with Gasteiger partial charge in [-0.3, -0.25) is 0 Å².